The number of hydrogen-bond acceptors (Lipinski definition) is 4. The lowest BCUT2D eigenvalue weighted by Crippen LogP contribution is -2.41. The van der Waals surface area contributed by atoms with Crippen LogP contribution in [-0.2, 0) is 4.79 Å². The number of aromatic nitrogens is 1. The van der Waals surface area contributed by atoms with Crippen molar-refractivity contribution < 1.29 is 9.21 Å². The maximum Gasteiger partial charge on any atom is 0.234 e. The maximum absolute atomic E-state index is 12.3. The van der Waals surface area contributed by atoms with Crippen molar-refractivity contribution >= 4 is 17.5 Å². The van der Waals surface area contributed by atoms with Gasteiger partial charge in [-0.2, -0.15) is 0 Å². The van der Waals surface area contributed by atoms with Crippen LogP contribution in [0, 0.1) is 0 Å². The molecule has 0 spiro atoms. The van der Waals surface area contributed by atoms with Gasteiger partial charge in [0.1, 0.15) is 6.26 Å². The third-order valence-corrected chi connectivity index (χ3v) is 4.75. The molecule has 1 N–H and O–H groups in total. The highest BCUT2D eigenvalue weighted by Crippen LogP contribution is 2.26. The van der Waals surface area contributed by atoms with Crippen molar-refractivity contribution in [1.82, 2.24) is 15.2 Å². The van der Waals surface area contributed by atoms with E-state index in [-0.39, 0.29) is 11.9 Å². The van der Waals surface area contributed by atoms with Crippen molar-refractivity contribution in [2.45, 2.75) is 31.7 Å². The van der Waals surface area contributed by atoms with Crippen LogP contribution in [0.5, 0.6) is 0 Å². The van der Waals surface area contributed by atoms with Gasteiger partial charge in [-0.15, -0.1) is 0 Å². The number of rotatable bonds is 5. The number of benzene rings is 1. The molecule has 3 rings (SSSR count). The summed E-state index contributed by atoms with van der Waals surface area (Å²) in [5, 5.41) is 3.75. The fraction of sp³-hybridized carbons (Fsp3) is 0.444. The van der Waals surface area contributed by atoms with E-state index in [1.165, 1.54) is 0 Å². The van der Waals surface area contributed by atoms with Crippen LogP contribution in [0.1, 0.15) is 43.2 Å². The lowest BCUT2D eigenvalue weighted by Gasteiger charge is -2.30. The predicted molar refractivity (Wildman–Crippen MR) is 92.9 cm³/mol. The summed E-state index contributed by atoms with van der Waals surface area (Å²) in [6.07, 6.45) is 5.25. The molecule has 1 fully saturated rings. The zero-order valence-electron chi connectivity index (χ0n) is 13.7. The van der Waals surface area contributed by atoms with E-state index in [0.717, 1.165) is 37.4 Å². The molecule has 2 heterocycles. The molecule has 0 radical (unpaired) electrons. The van der Waals surface area contributed by atoms with Gasteiger partial charge in [0.2, 0.25) is 5.91 Å². The fourth-order valence-corrected chi connectivity index (χ4v) is 3.23. The number of nitrogens with zero attached hydrogens (tertiary/aromatic N) is 2. The summed E-state index contributed by atoms with van der Waals surface area (Å²) in [5.74, 6) is 1.23. The number of likely N-dealkylation sites (tertiary alicyclic amines) is 1. The SMILES string of the molecule is CC(NC(=O)CN1CCC(c2ncco2)CC1)c1ccc(Cl)cc1. The highest BCUT2D eigenvalue weighted by molar-refractivity contribution is 6.30. The number of piperidine rings is 1. The fourth-order valence-electron chi connectivity index (χ4n) is 3.10. The van der Waals surface area contributed by atoms with E-state index in [2.05, 4.69) is 15.2 Å². The topological polar surface area (TPSA) is 58.4 Å². The number of nitrogens with one attached hydrogen (secondary N) is 1. The van der Waals surface area contributed by atoms with Crippen LogP contribution in [0.3, 0.4) is 0 Å². The van der Waals surface area contributed by atoms with Crippen molar-refractivity contribution in [3.63, 3.8) is 0 Å². The average Bonchev–Trinajstić information content (AvgIpc) is 3.10. The van der Waals surface area contributed by atoms with E-state index < -0.39 is 0 Å². The van der Waals surface area contributed by atoms with Gasteiger partial charge in [-0.3, -0.25) is 9.69 Å². The molecule has 1 aliphatic heterocycles. The van der Waals surface area contributed by atoms with E-state index in [4.69, 9.17) is 16.0 Å². The first kappa shape index (κ1) is 17.0. The number of oxazole rings is 1. The van der Waals surface area contributed by atoms with Crippen molar-refractivity contribution in [3.05, 3.63) is 53.2 Å². The number of hydrogen-bond donors (Lipinski definition) is 1. The molecule has 0 bridgehead atoms. The van der Waals surface area contributed by atoms with Gasteiger partial charge < -0.3 is 9.73 Å². The highest BCUT2D eigenvalue weighted by atomic mass is 35.5. The first-order valence-corrected chi connectivity index (χ1v) is 8.66. The highest BCUT2D eigenvalue weighted by Gasteiger charge is 2.24. The first-order valence-electron chi connectivity index (χ1n) is 8.28. The summed E-state index contributed by atoms with van der Waals surface area (Å²) < 4.78 is 5.38. The molecule has 2 aromatic rings. The second kappa shape index (κ2) is 7.81. The van der Waals surface area contributed by atoms with Crippen molar-refractivity contribution in [2.24, 2.45) is 0 Å². The number of amides is 1. The van der Waals surface area contributed by atoms with Crippen molar-refractivity contribution in [1.29, 1.82) is 0 Å². The molecule has 0 aliphatic carbocycles. The van der Waals surface area contributed by atoms with Crippen LogP contribution >= 0.6 is 11.6 Å². The van der Waals surface area contributed by atoms with Crippen molar-refractivity contribution in [3.8, 4) is 0 Å². The molecule has 1 aromatic carbocycles. The Bertz CT molecular complexity index is 649. The molecule has 1 amide bonds. The van der Waals surface area contributed by atoms with Gasteiger partial charge in [-0.25, -0.2) is 4.98 Å². The Kier molecular flexibility index (Phi) is 5.53. The Morgan fingerprint density at radius 3 is 2.71 bits per heavy atom. The molecular formula is C18H22ClN3O2. The number of carbonyl (C=O) groups excluding carboxylic acids is 1. The zero-order chi connectivity index (χ0) is 16.9. The Labute approximate surface area is 147 Å². The standard InChI is InChI=1S/C18H22ClN3O2/c1-13(14-2-4-16(19)5-3-14)21-17(23)12-22-9-6-15(7-10-22)18-20-8-11-24-18/h2-5,8,11,13,15H,6-7,9-10,12H2,1H3,(H,21,23). The summed E-state index contributed by atoms with van der Waals surface area (Å²) in [6.45, 7) is 4.18. The molecule has 1 aliphatic rings. The normalized spacial score (nSPS) is 17.6. The smallest absolute Gasteiger partial charge is 0.234 e. The van der Waals surface area contributed by atoms with Gasteiger partial charge in [0.05, 0.1) is 18.8 Å². The molecule has 128 valence electrons. The average molecular weight is 348 g/mol. The van der Waals surface area contributed by atoms with E-state index in [0.29, 0.717) is 17.5 Å². The van der Waals surface area contributed by atoms with E-state index in [1.54, 1.807) is 12.5 Å². The molecular weight excluding hydrogens is 326 g/mol. The third kappa shape index (κ3) is 4.36. The van der Waals surface area contributed by atoms with E-state index in [9.17, 15) is 4.79 Å². The van der Waals surface area contributed by atoms with Crippen LogP contribution in [0.25, 0.3) is 0 Å². The monoisotopic (exact) mass is 347 g/mol. The quantitative estimate of drug-likeness (QED) is 0.900. The van der Waals surface area contributed by atoms with Crippen LogP contribution in [0.2, 0.25) is 5.02 Å². The Hall–Kier alpha value is -1.85. The first-order chi connectivity index (χ1) is 11.6. The second-order valence-electron chi connectivity index (χ2n) is 6.26. The van der Waals surface area contributed by atoms with E-state index >= 15 is 0 Å². The molecule has 6 heteroatoms. The molecule has 5 nitrogen and oxygen atoms in total. The minimum Gasteiger partial charge on any atom is -0.449 e. The number of carbonyl (C=O) groups is 1. The van der Waals surface area contributed by atoms with Gasteiger partial charge in [0.25, 0.3) is 0 Å². The molecule has 1 aromatic heterocycles. The summed E-state index contributed by atoms with van der Waals surface area (Å²) in [5.41, 5.74) is 1.05. The molecule has 0 saturated carbocycles. The molecule has 1 unspecified atom stereocenters. The maximum atomic E-state index is 12.3. The lowest BCUT2D eigenvalue weighted by atomic mass is 9.97. The molecule has 1 atom stereocenters. The summed E-state index contributed by atoms with van der Waals surface area (Å²) in [7, 11) is 0. The lowest BCUT2D eigenvalue weighted by molar-refractivity contribution is -0.123. The van der Waals surface area contributed by atoms with Crippen LogP contribution in [0.15, 0.2) is 41.1 Å². The Morgan fingerprint density at radius 2 is 2.08 bits per heavy atom. The van der Waals surface area contributed by atoms with Crippen molar-refractivity contribution in [2.75, 3.05) is 19.6 Å². The van der Waals surface area contributed by atoms with Crippen LogP contribution in [0.4, 0.5) is 0 Å². The van der Waals surface area contributed by atoms with Gasteiger partial charge in [-0.05, 0) is 50.6 Å². The minimum absolute atomic E-state index is 0.0281. The zero-order valence-corrected chi connectivity index (χ0v) is 14.5. The summed E-state index contributed by atoms with van der Waals surface area (Å²) in [4.78, 5) is 18.7. The van der Waals surface area contributed by atoms with E-state index in [1.807, 2.05) is 31.2 Å². The third-order valence-electron chi connectivity index (χ3n) is 4.50. The molecule has 24 heavy (non-hydrogen) atoms. The van der Waals surface area contributed by atoms with Gasteiger partial charge >= 0.3 is 0 Å². The van der Waals surface area contributed by atoms with Gasteiger partial charge in [-0.1, -0.05) is 23.7 Å². The van der Waals surface area contributed by atoms with Crippen LogP contribution in [-0.4, -0.2) is 35.4 Å². The van der Waals surface area contributed by atoms with Gasteiger partial charge in [0.15, 0.2) is 5.89 Å². The molecule has 1 saturated heterocycles. The largest absolute Gasteiger partial charge is 0.449 e. The predicted octanol–water partition coefficient (Wildman–Crippen LogP) is 3.38. The van der Waals surface area contributed by atoms with Crippen LogP contribution < -0.4 is 5.32 Å². The number of halogens is 1. The summed E-state index contributed by atoms with van der Waals surface area (Å²) in [6, 6.07) is 7.53. The second-order valence-corrected chi connectivity index (χ2v) is 6.70. The van der Waals surface area contributed by atoms with Gasteiger partial charge in [0, 0.05) is 10.9 Å². The minimum atomic E-state index is -0.0281. The Morgan fingerprint density at radius 1 is 1.38 bits per heavy atom. The Balaban J connectivity index is 1.45. The summed E-state index contributed by atoms with van der Waals surface area (Å²) >= 11 is 5.89.